The van der Waals surface area contributed by atoms with Crippen LogP contribution in [0.4, 0.5) is 11.4 Å². The Hall–Kier alpha value is -2.88. The molecule has 9 heteroatoms. The van der Waals surface area contributed by atoms with Crippen LogP contribution in [0.3, 0.4) is 0 Å². The van der Waals surface area contributed by atoms with Gasteiger partial charge in [-0.05, 0) is 75.1 Å². The van der Waals surface area contributed by atoms with Gasteiger partial charge in [-0.1, -0.05) is 12.5 Å². The summed E-state index contributed by atoms with van der Waals surface area (Å²) >= 11 is 0. The summed E-state index contributed by atoms with van der Waals surface area (Å²) in [6, 6.07) is 11.2. The fourth-order valence-electron chi connectivity index (χ4n) is 4.98. The molecule has 0 radical (unpaired) electrons. The highest BCUT2D eigenvalue weighted by Gasteiger charge is 2.27. The van der Waals surface area contributed by atoms with E-state index < -0.39 is 16.1 Å². The van der Waals surface area contributed by atoms with E-state index in [2.05, 4.69) is 16.0 Å². The topological polar surface area (TPSA) is 95.5 Å². The quantitative estimate of drug-likeness (QED) is 0.447. The molecule has 3 aromatic rings. The van der Waals surface area contributed by atoms with Gasteiger partial charge in [-0.3, -0.25) is 4.79 Å². The minimum absolute atomic E-state index is 0.123. The third-order valence-electron chi connectivity index (χ3n) is 7.40. The van der Waals surface area contributed by atoms with Crippen LogP contribution in [-0.2, 0) is 14.8 Å². The number of carbonyl (C=O) groups excluding carboxylic acids is 1. The Balaban J connectivity index is 1.37. The molecule has 0 saturated carbocycles. The fourth-order valence-corrected chi connectivity index (χ4v) is 6.52. The molecule has 8 nitrogen and oxygen atoms in total. The number of nitrogens with one attached hydrogen (secondary N) is 3. The Kier molecular flexibility index (Phi) is 6.80. The summed E-state index contributed by atoms with van der Waals surface area (Å²) in [4.78, 5) is 13.6. The van der Waals surface area contributed by atoms with E-state index in [1.165, 1.54) is 0 Å². The number of benzene rings is 2. The first-order chi connectivity index (χ1) is 17.2. The van der Waals surface area contributed by atoms with E-state index in [1.54, 1.807) is 16.4 Å². The van der Waals surface area contributed by atoms with Gasteiger partial charge in [0.2, 0.25) is 15.9 Å². The third-order valence-corrected chi connectivity index (χ3v) is 9.30. The average Bonchev–Trinajstić information content (AvgIpc) is 3.19. The second-order valence-corrected chi connectivity index (χ2v) is 12.0. The van der Waals surface area contributed by atoms with Crippen LogP contribution in [0.15, 0.2) is 47.5 Å². The van der Waals surface area contributed by atoms with E-state index in [9.17, 15) is 13.2 Å². The van der Waals surface area contributed by atoms with Gasteiger partial charge in [0.15, 0.2) is 0 Å². The van der Waals surface area contributed by atoms with Gasteiger partial charge in [-0.25, -0.2) is 8.42 Å². The van der Waals surface area contributed by atoms with E-state index in [1.807, 2.05) is 55.8 Å². The molecule has 3 heterocycles. The Labute approximate surface area is 213 Å². The maximum Gasteiger partial charge on any atom is 0.247 e. The zero-order valence-corrected chi connectivity index (χ0v) is 22.0. The number of hydrogen-bond acceptors (Lipinski definition) is 5. The number of anilines is 2. The zero-order chi connectivity index (χ0) is 25.4. The van der Waals surface area contributed by atoms with Crippen LogP contribution in [-0.4, -0.2) is 55.4 Å². The first kappa shape index (κ1) is 24.8. The Bertz CT molecular complexity index is 1390. The van der Waals surface area contributed by atoms with E-state index in [0.29, 0.717) is 24.0 Å². The lowest BCUT2D eigenvalue weighted by molar-refractivity contribution is -0.118. The van der Waals surface area contributed by atoms with Crippen LogP contribution in [0.25, 0.3) is 10.9 Å². The molecule has 2 aliphatic rings. The highest BCUT2D eigenvalue weighted by Crippen LogP contribution is 2.30. The molecule has 192 valence electrons. The highest BCUT2D eigenvalue weighted by atomic mass is 32.2. The maximum absolute atomic E-state index is 13.3. The lowest BCUT2D eigenvalue weighted by Crippen LogP contribution is -2.51. The average molecular weight is 510 g/mol. The summed E-state index contributed by atoms with van der Waals surface area (Å²) in [6.45, 7) is 8.83. The molecule has 36 heavy (non-hydrogen) atoms. The number of fused-ring (bicyclic) bond motifs is 1. The summed E-state index contributed by atoms with van der Waals surface area (Å²) in [5, 5.41) is 10.7. The van der Waals surface area contributed by atoms with Gasteiger partial charge < -0.3 is 20.5 Å². The third kappa shape index (κ3) is 4.75. The van der Waals surface area contributed by atoms with Gasteiger partial charge in [0.05, 0.1) is 10.9 Å². The molecule has 1 aromatic heterocycles. The Morgan fingerprint density at radius 2 is 1.78 bits per heavy atom. The molecule has 0 aliphatic carbocycles. The number of hydrogen-bond donors (Lipinski definition) is 3. The smallest absolute Gasteiger partial charge is 0.247 e. The van der Waals surface area contributed by atoms with Crippen molar-refractivity contribution in [2.75, 3.05) is 36.8 Å². The molecule has 1 amide bonds. The molecule has 3 N–H and O–H groups in total. The number of aryl methyl sites for hydroxylation is 2. The second-order valence-electron chi connectivity index (χ2n) is 10.1. The van der Waals surface area contributed by atoms with Crippen LogP contribution < -0.4 is 16.0 Å². The summed E-state index contributed by atoms with van der Waals surface area (Å²) in [6.07, 6.45) is 4.81. The van der Waals surface area contributed by atoms with E-state index in [4.69, 9.17) is 0 Å². The van der Waals surface area contributed by atoms with Crippen molar-refractivity contribution >= 4 is 38.2 Å². The molecule has 2 aliphatic heterocycles. The molecule has 0 bridgehead atoms. The lowest BCUT2D eigenvalue weighted by Gasteiger charge is -2.29. The largest absolute Gasteiger partial charge is 0.380 e. The van der Waals surface area contributed by atoms with Gasteiger partial charge >= 0.3 is 0 Å². The normalized spacial score (nSPS) is 18.1. The first-order valence-corrected chi connectivity index (χ1v) is 14.2. The summed E-state index contributed by atoms with van der Waals surface area (Å²) in [5.41, 5.74) is 4.55. The van der Waals surface area contributed by atoms with Gasteiger partial charge in [0, 0.05) is 54.7 Å². The molecule has 5 rings (SSSR count). The van der Waals surface area contributed by atoms with Crippen LogP contribution >= 0.6 is 0 Å². The predicted molar refractivity (Wildman–Crippen MR) is 144 cm³/mol. The van der Waals surface area contributed by atoms with Crippen molar-refractivity contribution in [2.45, 2.75) is 57.0 Å². The Morgan fingerprint density at radius 1 is 1.03 bits per heavy atom. The second kappa shape index (κ2) is 9.88. The zero-order valence-electron chi connectivity index (χ0n) is 21.2. The fraction of sp³-hybridized carbons (Fsp3) is 0.444. The van der Waals surface area contributed by atoms with Crippen LogP contribution in [0, 0.1) is 13.8 Å². The number of sulfonamides is 1. The molecular formula is C27H35N5O3S. The van der Waals surface area contributed by atoms with E-state index in [-0.39, 0.29) is 5.91 Å². The van der Waals surface area contributed by atoms with Crippen molar-refractivity contribution in [1.29, 1.82) is 0 Å². The lowest BCUT2D eigenvalue weighted by atomic mass is 10.1. The molecule has 1 unspecified atom stereocenters. The van der Waals surface area contributed by atoms with Crippen LogP contribution in [0.1, 0.15) is 43.4 Å². The predicted octanol–water partition coefficient (Wildman–Crippen LogP) is 4.02. The van der Waals surface area contributed by atoms with E-state index >= 15 is 0 Å². The maximum atomic E-state index is 13.3. The summed E-state index contributed by atoms with van der Waals surface area (Å²) in [5.74, 6) is -0.123. The van der Waals surface area contributed by atoms with Crippen molar-refractivity contribution in [2.24, 2.45) is 0 Å². The van der Waals surface area contributed by atoms with Gasteiger partial charge in [0.25, 0.3) is 0 Å². The molecule has 2 fully saturated rings. The molecular weight excluding hydrogens is 474 g/mol. The molecule has 2 saturated heterocycles. The minimum atomic E-state index is -3.52. The minimum Gasteiger partial charge on any atom is -0.380 e. The molecule has 2 aromatic carbocycles. The number of aromatic nitrogens is 1. The van der Waals surface area contributed by atoms with Crippen molar-refractivity contribution in [3.8, 4) is 0 Å². The summed E-state index contributed by atoms with van der Waals surface area (Å²) < 4.78 is 29.9. The van der Waals surface area contributed by atoms with Gasteiger partial charge in [0.1, 0.15) is 6.04 Å². The molecule has 1 atom stereocenters. The highest BCUT2D eigenvalue weighted by molar-refractivity contribution is 7.89. The number of carbonyl (C=O) groups is 1. The van der Waals surface area contributed by atoms with Crippen molar-refractivity contribution < 1.29 is 13.2 Å². The summed E-state index contributed by atoms with van der Waals surface area (Å²) in [7, 11) is -3.52. The molecule has 0 spiro atoms. The van der Waals surface area contributed by atoms with Gasteiger partial charge in [-0.15, -0.1) is 0 Å². The van der Waals surface area contributed by atoms with Gasteiger partial charge in [-0.2, -0.15) is 4.31 Å². The van der Waals surface area contributed by atoms with Crippen molar-refractivity contribution in [3.63, 3.8) is 0 Å². The number of rotatable bonds is 7. The monoisotopic (exact) mass is 509 g/mol. The number of amides is 1. The first-order valence-electron chi connectivity index (χ1n) is 12.7. The van der Waals surface area contributed by atoms with Crippen LogP contribution in [0.5, 0.6) is 0 Å². The number of piperidine rings is 1. The van der Waals surface area contributed by atoms with Crippen LogP contribution in [0.2, 0.25) is 0 Å². The van der Waals surface area contributed by atoms with Crippen molar-refractivity contribution in [1.82, 2.24) is 14.2 Å². The number of nitrogens with zero attached hydrogens (tertiary/aromatic N) is 2. The van der Waals surface area contributed by atoms with Crippen molar-refractivity contribution in [3.05, 3.63) is 53.7 Å². The Morgan fingerprint density at radius 3 is 2.47 bits per heavy atom. The SMILES string of the molecule is Cc1ccc(NC2CNC2)cc1NC(=O)C(C)n1cc(C)c2cc(S(=O)(=O)N3CCCCC3)ccc21. The standard InChI is InChI=1S/C27H35N5O3S/c1-18-7-8-21(29-22-15-28-16-22)13-25(18)30-27(33)20(3)32-17-19(2)24-14-23(9-10-26(24)32)36(34,35)31-11-5-4-6-12-31/h7-10,13-14,17,20,22,28-29H,4-6,11-12,15-16H2,1-3H3,(H,30,33). The van der Waals surface area contributed by atoms with E-state index in [0.717, 1.165) is 65.8 Å².